The van der Waals surface area contributed by atoms with E-state index in [0.717, 1.165) is 24.5 Å². The Bertz CT molecular complexity index is 443. The van der Waals surface area contributed by atoms with Crippen molar-refractivity contribution < 1.29 is 4.79 Å². The van der Waals surface area contributed by atoms with Gasteiger partial charge >= 0.3 is 0 Å². The number of amides is 1. The summed E-state index contributed by atoms with van der Waals surface area (Å²) in [5.74, 6) is 1.79. The van der Waals surface area contributed by atoms with Gasteiger partial charge in [-0.05, 0) is 37.3 Å². The van der Waals surface area contributed by atoms with E-state index in [1.54, 1.807) is 0 Å². The average Bonchev–Trinajstić information content (AvgIpc) is 2.44. The molecule has 0 saturated carbocycles. The molecule has 0 aliphatic rings. The molecule has 1 aromatic heterocycles. The molecule has 0 aromatic carbocycles. The molecule has 1 aromatic rings. The molecule has 0 spiro atoms. The van der Waals surface area contributed by atoms with Crippen molar-refractivity contribution in [1.29, 1.82) is 0 Å². The third-order valence-corrected chi connectivity index (χ3v) is 3.58. The molecule has 1 amide bonds. The van der Waals surface area contributed by atoms with E-state index in [4.69, 9.17) is 0 Å². The Kier molecular flexibility index (Phi) is 6.49. The normalized spacial score (nSPS) is 12.3. The molecular weight excluding hydrogens is 250 g/mol. The van der Waals surface area contributed by atoms with Crippen molar-refractivity contribution in [3.05, 3.63) is 23.4 Å². The summed E-state index contributed by atoms with van der Waals surface area (Å²) in [6.45, 7) is 12.1. The second-order valence-corrected chi connectivity index (χ2v) is 5.55. The number of hydrogen-bond donors (Lipinski definition) is 2. The van der Waals surface area contributed by atoms with Crippen LogP contribution < -0.4 is 10.6 Å². The van der Waals surface area contributed by atoms with Gasteiger partial charge < -0.3 is 10.6 Å². The molecule has 20 heavy (non-hydrogen) atoms. The fraction of sp³-hybridized carbons (Fsp3) is 0.625. The molecule has 1 atom stereocenters. The van der Waals surface area contributed by atoms with Gasteiger partial charge in [-0.3, -0.25) is 4.79 Å². The van der Waals surface area contributed by atoms with Crippen LogP contribution in [0.3, 0.4) is 0 Å². The van der Waals surface area contributed by atoms with E-state index in [9.17, 15) is 4.79 Å². The van der Waals surface area contributed by atoms with Crippen molar-refractivity contribution in [2.45, 2.75) is 41.0 Å². The lowest BCUT2D eigenvalue weighted by molar-refractivity contribution is 0.0944. The number of aryl methyl sites for hydroxylation is 1. The van der Waals surface area contributed by atoms with Crippen molar-refractivity contribution in [2.75, 3.05) is 18.4 Å². The SMILES string of the molecule is CCNc1cc(C(=O)NCC(C)C(C)C)cc(CC)n1. The van der Waals surface area contributed by atoms with Crippen LogP contribution in [0.2, 0.25) is 0 Å². The van der Waals surface area contributed by atoms with Gasteiger partial charge in [0.2, 0.25) is 0 Å². The van der Waals surface area contributed by atoms with E-state index in [1.807, 2.05) is 26.0 Å². The Morgan fingerprint density at radius 1 is 1.25 bits per heavy atom. The van der Waals surface area contributed by atoms with Crippen molar-refractivity contribution in [1.82, 2.24) is 10.3 Å². The lowest BCUT2D eigenvalue weighted by Gasteiger charge is -2.16. The number of nitrogens with zero attached hydrogens (tertiary/aromatic N) is 1. The van der Waals surface area contributed by atoms with E-state index in [1.165, 1.54) is 0 Å². The van der Waals surface area contributed by atoms with Gasteiger partial charge in [-0.25, -0.2) is 4.98 Å². The Balaban J connectivity index is 2.78. The van der Waals surface area contributed by atoms with E-state index in [2.05, 4.69) is 36.4 Å². The van der Waals surface area contributed by atoms with Gasteiger partial charge in [-0.2, -0.15) is 0 Å². The molecule has 0 saturated heterocycles. The van der Waals surface area contributed by atoms with Crippen LogP contribution in [0.4, 0.5) is 5.82 Å². The summed E-state index contributed by atoms with van der Waals surface area (Å²) in [5, 5.41) is 6.18. The first-order chi connectivity index (χ1) is 9.47. The van der Waals surface area contributed by atoms with Gasteiger partial charge in [-0.15, -0.1) is 0 Å². The Hall–Kier alpha value is -1.58. The summed E-state index contributed by atoms with van der Waals surface area (Å²) in [4.78, 5) is 16.7. The molecule has 1 unspecified atom stereocenters. The number of carbonyl (C=O) groups is 1. The lowest BCUT2D eigenvalue weighted by atomic mass is 9.98. The van der Waals surface area contributed by atoms with E-state index in [0.29, 0.717) is 23.9 Å². The maximum atomic E-state index is 12.2. The zero-order chi connectivity index (χ0) is 15.1. The molecule has 2 N–H and O–H groups in total. The highest BCUT2D eigenvalue weighted by atomic mass is 16.1. The quantitative estimate of drug-likeness (QED) is 0.805. The molecular formula is C16H27N3O. The lowest BCUT2D eigenvalue weighted by Crippen LogP contribution is -2.30. The summed E-state index contributed by atoms with van der Waals surface area (Å²) in [7, 11) is 0. The zero-order valence-corrected chi connectivity index (χ0v) is 13.3. The Morgan fingerprint density at radius 2 is 1.95 bits per heavy atom. The van der Waals surface area contributed by atoms with Gasteiger partial charge in [-0.1, -0.05) is 27.7 Å². The monoisotopic (exact) mass is 277 g/mol. The van der Waals surface area contributed by atoms with Gasteiger partial charge in [0.05, 0.1) is 0 Å². The van der Waals surface area contributed by atoms with Gasteiger partial charge in [0, 0.05) is 24.3 Å². The first-order valence-electron chi connectivity index (χ1n) is 7.50. The highest BCUT2D eigenvalue weighted by Crippen LogP contribution is 2.12. The molecule has 0 aliphatic heterocycles. The highest BCUT2D eigenvalue weighted by Gasteiger charge is 2.12. The second kappa shape index (κ2) is 7.88. The smallest absolute Gasteiger partial charge is 0.251 e. The minimum atomic E-state index is -0.0197. The number of aromatic nitrogens is 1. The van der Waals surface area contributed by atoms with Crippen LogP contribution in [0.1, 0.15) is 50.7 Å². The molecule has 112 valence electrons. The molecule has 0 radical (unpaired) electrons. The second-order valence-electron chi connectivity index (χ2n) is 5.55. The number of carbonyl (C=O) groups excluding carboxylic acids is 1. The van der Waals surface area contributed by atoms with Crippen LogP contribution in [0, 0.1) is 11.8 Å². The summed E-state index contributed by atoms with van der Waals surface area (Å²) in [6.07, 6.45) is 0.821. The third kappa shape index (κ3) is 4.83. The van der Waals surface area contributed by atoms with Crippen LogP contribution >= 0.6 is 0 Å². The van der Waals surface area contributed by atoms with Crippen LogP contribution in [0.15, 0.2) is 12.1 Å². The van der Waals surface area contributed by atoms with Crippen molar-refractivity contribution in [2.24, 2.45) is 11.8 Å². The van der Waals surface area contributed by atoms with Crippen molar-refractivity contribution >= 4 is 11.7 Å². The molecule has 1 heterocycles. The van der Waals surface area contributed by atoms with E-state index in [-0.39, 0.29) is 5.91 Å². The summed E-state index contributed by atoms with van der Waals surface area (Å²) < 4.78 is 0. The molecule has 0 fully saturated rings. The number of nitrogens with one attached hydrogen (secondary N) is 2. The van der Waals surface area contributed by atoms with Gasteiger partial charge in [0.15, 0.2) is 0 Å². The van der Waals surface area contributed by atoms with Crippen molar-refractivity contribution in [3.63, 3.8) is 0 Å². The summed E-state index contributed by atoms with van der Waals surface area (Å²) >= 11 is 0. The first kappa shape index (κ1) is 16.5. The maximum Gasteiger partial charge on any atom is 0.251 e. The number of hydrogen-bond acceptors (Lipinski definition) is 3. The molecule has 0 bridgehead atoms. The first-order valence-corrected chi connectivity index (χ1v) is 7.50. The highest BCUT2D eigenvalue weighted by molar-refractivity contribution is 5.95. The third-order valence-electron chi connectivity index (χ3n) is 3.58. The largest absolute Gasteiger partial charge is 0.370 e. The standard InChI is InChI=1S/C16H27N3O/c1-6-14-8-13(9-15(19-14)17-7-2)16(20)18-10-12(5)11(3)4/h8-9,11-12H,6-7,10H2,1-5H3,(H,17,19)(H,18,20). The number of anilines is 1. The topological polar surface area (TPSA) is 54.0 Å². The predicted octanol–water partition coefficient (Wildman–Crippen LogP) is 3.10. The molecule has 0 aliphatic carbocycles. The maximum absolute atomic E-state index is 12.2. The van der Waals surface area contributed by atoms with E-state index < -0.39 is 0 Å². The van der Waals surface area contributed by atoms with Gasteiger partial charge in [0.1, 0.15) is 5.82 Å². The van der Waals surface area contributed by atoms with E-state index >= 15 is 0 Å². The van der Waals surface area contributed by atoms with Gasteiger partial charge in [0.25, 0.3) is 5.91 Å². The average molecular weight is 277 g/mol. The van der Waals surface area contributed by atoms with Crippen LogP contribution in [0.25, 0.3) is 0 Å². The summed E-state index contributed by atoms with van der Waals surface area (Å²) in [6, 6.07) is 3.69. The van der Waals surface area contributed by atoms with Crippen LogP contribution in [-0.4, -0.2) is 24.0 Å². The fourth-order valence-electron chi connectivity index (χ4n) is 1.76. The minimum Gasteiger partial charge on any atom is -0.370 e. The fourth-order valence-corrected chi connectivity index (χ4v) is 1.76. The van der Waals surface area contributed by atoms with Crippen molar-refractivity contribution in [3.8, 4) is 0 Å². The van der Waals surface area contributed by atoms with Crippen LogP contribution in [-0.2, 0) is 6.42 Å². The molecule has 1 rings (SSSR count). The number of rotatable bonds is 7. The molecule has 4 nitrogen and oxygen atoms in total. The Morgan fingerprint density at radius 3 is 2.50 bits per heavy atom. The zero-order valence-electron chi connectivity index (χ0n) is 13.3. The summed E-state index contributed by atoms with van der Waals surface area (Å²) in [5.41, 5.74) is 1.62. The van der Waals surface area contributed by atoms with Crippen LogP contribution in [0.5, 0.6) is 0 Å². The molecule has 4 heteroatoms. The Labute approximate surface area is 122 Å². The predicted molar refractivity (Wildman–Crippen MR) is 84.1 cm³/mol. The minimum absolute atomic E-state index is 0.0197. The number of pyridine rings is 1.